The number of nitrogens with two attached hydrogens (primary N) is 1. The first-order chi connectivity index (χ1) is 14.3. The number of hydrogen-bond acceptors (Lipinski definition) is 3. The lowest BCUT2D eigenvalue weighted by molar-refractivity contribution is -0.157. The van der Waals surface area contributed by atoms with E-state index in [2.05, 4.69) is 5.32 Å². The minimum atomic E-state index is -4.53. The van der Waals surface area contributed by atoms with Crippen molar-refractivity contribution in [2.24, 2.45) is 5.73 Å². The second-order valence-corrected chi connectivity index (χ2v) is 7.11. The van der Waals surface area contributed by atoms with Crippen molar-refractivity contribution >= 4 is 5.91 Å². The van der Waals surface area contributed by atoms with Crippen LogP contribution >= 0.6 is 0 Å². The molecule has 0 spiro atoms. The number of primary amides is 1. The lowest BCUT2D eigenvalue weighted by atomic mass is 9.86. The Morgan fingerprint density at radius 2 is 1.73 bits per heavy atom. The standard InChI is InChI=1S/C23H19F3N2O2/c24-23(25,26)20(21-17-11-10-14(22(27)29)12-15(17)13-28-21)18-8-4-5-9-19(18)30-16-6-2-1-3-7-16/h1-12,20-21,28H,13H2,(H2,27,29)/t20-,21?/m1/s1. The highest BCUT2D eigenvalue weighted by molar-refractivity contribution is 5.93. The minimum Gasteiger partial charge on any atom is -0.457 e. The van der Waals surface area contributed by atoms with Crippen molar-refractivity contribution in [2.45, 2.75) is 24.7 Å². The Hall–Kier alpha value is -3.32. The molecule has 1 heterocycles. The van der Waals surface area contributed by atoms with Gasteiger partial charge in [-0.3, -0.25) is 4.79 Å². The zero-order valence-electron chi connectivity index (χ0n) is 15.8. The third kappa shape index (κ3) is 3.89. The molecular weight excluding hydrogens is 393 g/mol. The second kappa shape index (κ2) is 7.84. The Morgan fingerprint density at radius 1 is 1.03 bits per heavy atom. The first-order valence-corrected chi connectivity index (χ1v) is 9.39. The molecule has 2 atom stereocenters. The van der Waals surface area contributed by atoms with E-state index in [0.29, 0.717) is 16.9 Å². The van der Waals surface area contributed by atoms with E-state index in [0.717, 1.165) is 0 Å². The summed E-state index contributed by atoms with van der Waals surface area (Å²) in [7, 11) is 0. The van der Waals surface area contributed by atoms with Gasteiger partial charge >= 0.3 is 6.18 Å². The van der Waals surface area contributed by atoms with Gasteiger partial charge in [-0.25, -0.2) is 0 Å². The molecule has 1 aliphatic rings. The monoisotopic (exact) mass is 412 g/mol. The SMILES string of the molecule is NC(=O)c1ccc2c(c1)CNC2[C@@H](c1ccccc1Oc1ccccc1)C(F)(F)F. The third-order valence-corrected chi connectivity index (χ3v) is 5.19. The van der Waals surface area contributed by atoms with Crippen LogP contribution in [0.4, 0.5) is 13.2 Å². The Balaban J connectivity index is 1.76. The van der Waals surface area contributed by atoms with E-state index in [-0.39, 0.29) is 23.4 Å². The predicted octanol–water partition coefficient (Wildman–Crippen LogP) is 5.07. The summed E-state index contributed by atoms with van der Waals surface area (Å²) in [6, 6.07) is 18.4. The predicted molar refractivity (Wildman–Crippen MR) is 106 cm³/mol. The maximum absolute atomic E-state index is 14.3. The molecule has 1 aliphatic heterocycles. The van der Waals surface area contributed by atoms with Gasteiger partial charge in [0.15, 0.2) is 0 Å². The van der Waals surface area contributed by atoms with Crippen LogP contribution in [0.25, 0.3) is 0 Å². The first kappa shape index (κ1) is 20.0. The quantitative estimate of drug-likeness (QED) is 0.615. The molecule has 3 N–H and O–H groups in total. The van der Waals surface area contributed by atoms with Crippen molar-refractivity contribution < 1.29 is 22.7 Å². The van der Waals surface area contributed by atoms with Crippen LogP contribution < -0.4 is 15.8 Å². The Morgan fingerprint density at radius 3 is 2.43 bits per heavy atom. The lowest BCUT2D eigenvalue weighted by Gasteiger charge is -2.29. The first-order valence-electron chi connectivity index (χ1n) is 9.39. The highest BCUT2D eigenvalue weighted by Gasteiger charge is 2.49. The molecule has 3 aromatic carbocycles. The lowest BCUT2D eigenvalue weighted by Crippen LogP contribution is -2.32. The number of halogens is 3. The molecule has 0 aliphatic carbocycles. The van der Waals surface area contributed by atoms with Gasteiger partial charge in [0.1, 0.15) is 17.4 Å². The Labute approximate surface area is 171 Å². The van der Waals surface area contributed by atoms with Crippen LogP contribution in [-0.2, 0) is 6.54 Å². The van der Waals surface area contributed by atoms with Gasteiger partial charge in [-0.05, 0) is 41.5 Å². The van der Waals surface area contributed by atoms with Crippen LogP contribution in [0.2, 0.25) is 0 Å². The van der Waals surface area contributed by atoms with Gasteiger partial charge in [0.25, 0.3) is 0 Å². The Bertz CT molecular complexity index is 1070. The molecule has 4 nitrogen and oxygen atoms in total. The molecule has 0 fully saturated rings. The van der Waals surface area contributed by atoms with Crippen LogP contribution in [-0.4, -0.2) is 12.1 Å². The van der Waals surface area contributed by atoms with Crippen molar-refractivity contribution in [2.75, 3.05) is 0 Å². The van der Waals surface area contributed by atoms with Crippen LogP contribution in [0.3, 0.4) is 0 Å². The number of fused-ring (bicyclic) bond motifs is 1. The summed E-state index contributed by atoms with van der Waals surface area (Å²) in [6.45, 7) is 0.218. The molecule has 3 aromatic rings. The number of carbonyl (C=O) groups is 1. The summed E-state index contributed by atoms with van der Waals surface area (Å²) < 4.78 is 48.7. The molecule has 0 radical (unpaired) electrons. The van der Waals surface area contributed by atoms with Crippen LogP contribution in [0.5, 0.6) is 11.5 Å². The average Bonchev–Trinajstić information content (AvgIpc) is 3.12. The van der Waals surface area contributed by atoms with Gasteiger partial charge in [0.2, 0.25) is 5.91 Å². The molecule has 7 heteroatoms. The molecule has 0 saturated carbocycles. The van der Waals surface area contributed by atoms with E-state index < -0.39 is 24.0 Å². The van der Waals surface area contributed by atoms with E-state index in [9.17, 15) is 18.0 Å². The molecule has 0 saturated heterocycles. The van der Waals surface area contributed by atoms with E-state index in [1.807, 2.05) is 0 Å². The minimum absolute atomic E-state index is 0.0400. The van der Waals surface area contributed by atoms with E-state index >= 15 is 0 Å². The topological polar surface area (TPSA) is 64.4 Å². The summed E-state index contributed by atoms with van der Waals surface area (Å²) >= 11 is 0. The number of nitrogens with one attached hydrogen (secondary N) is 1. The molecule has 4 rings (SSSR count). The molecule has 0 aromatic heterocycles. The van der Waals surface area contributed by atoms with Gasteiger partial charge in [-0.1, -0.05) is 42.5 Å². The number of rotatable bonds is 5. The van der Waals surface area contributed by atoms with Crippen molar-refractivity contribution in [3.05, 3.63) is 95.1 Å². The number of carbonyl (C=O) groups excluding carboxylic acids is 1. The van der Waals surface area contributed by atoms with Crippen LogP contribution in [0.1, 0.15) is 39.0 Å². The van der Waals surface area contributed by atoms with Crippen molar-refractivity contribution in [1.82, 2.24) is 5.32 Å². The summed E-state index contributed by atoms with van der Waals surface area (Å²) in [4.78, 5) is 11.4. The molecular formula is C23H19F3N2O2. The summed E-state index contributed by atoms with van der Waals surface area (Å²) in [5, 5.41) is 2.96. The number of alkyl halides is 3. The average molecular weight is 412 g/mol. The molecule has 1 amide bonds. The third-order valence-electron chi connectivity index (χ3n) is 5.19. The van der Waals surface area contributed by atoms with Crippen molar-refractivity contribution in [3.63, 3.8) is 0 Å². The number of para-hydroxylation sites is 2. The smallest absolute Gasteiger partial charge is 0.397 e. The van der Waals surface area contributed by atoms with Gasteiger partial charge < -0.3 is 15.8 Å². The van der Waals surface area contributed by atoms with Crippen molar-refractivity contribution in [1.29, 1.82) is 0 Å². The highest BCUT2D eigenvalue weighted by Crippen LogP contribution is 2.49. The number of ether oxygens (including phenoxy) is 1. The summed E-state index contributed by atoms with van der Waals surface area (Å²) in [5.41, 5.74) is 6.74. The molecule has 30 heavy (non-hydrogen) atoms. The zero-order valence-corrected chi connectivity index (χ0v) is 15.8. The van der Waals surface area contributed by atoms with Gasteiger partial charge in [-0.2, -0.15) is 13.2 Å². The fourth-order valence-corrected chi connectivity index (χ4v) is 3.83. The zero-order chi connectivity index (χ0) is 21.3. The number of hydrogen-bond donors (Lipinski definition) is 2. The summed E-state index contributed by atoms with van der Waals surface area (Å²) in [6.07, 6.45) is -4.53. The van der Waals surface area contributed by atoms with Crippen LogP contribution in [0.15, 0.2) is 72.8 Å². The van der Waals surface area contributed by atoms with E-state index in [1.54, 1.807) is 54.6 Å². The highest BCUT2D eigenvalue weighted by atomic mass is 19.4. The maximum atomic E-state index is 14.3. The normalized spacial score (nSPS) is 16.7. The number of amides is 1. The molecule has 0 bridgehead atoms. The second-order valence-electron chi connectivity index (χ2n) is 7.11. The van der Waals surface area contributed by atoms with E-state index in [1.165, 1.54) is 18.2 Å². The van der Waals surface area contributed by atoms with Gasteiger partial charge in [0, 0.05) is 23.7 Å². The fourth-order valence-electron chi connectivity index (χ4n) is 3.83. The van der Waals surface area contributed by atoms with E-state index in [4.69, 9.17) is 10.5 Å². The Kier molecular flexibility index (Phi) is 5.22. The fraction of sp³-hybridized carbons (Fsp3) is 0.174. The number of benzene rings is 3. The largest absolute Gasteiger partial charge is 0.457 e. The van der Waals surface area contributed by atoms with Gasteiger partial charge in [-0.15, -0.1) is 0 Å². The van der Waals surface area contributed by atoms with Crippen molar-refractivity contribution in [3.8, 4) is 11.5 Å². The van der Waals surface area contributed by atoms with Gasteiger partial charge in [0.05, 0.1) is 0 Å². The van der Waals surface area contributed by atoms with Crippen LogP contribution in [0, 0.1) is 0 Å². The maximum Gasteiger partial charge on any atom is 0.397 e. The molecule has 1 unspecified atom stereocenters. The molecule has 154 valence electrons. The summed E-state index contributed by atoms with van der Waals surface area (Å²) in [5.74, 6) is -1.85.